The van der Waals surface area contributed by atoms with E-state index < -0.39 is 0 Å². The van der Waals surface area contributed by atoms with Crippen molar-refractivity contribution < 1.29 is 4.79 Å². The highest BCUT2D eigenvalue weighted by atomic mass is 16.2. The van der Waals surface area contributed by atoms with E-state index in [1.165, 1.54) is 19.3 Å². The molecule has 3 heterocycles. The Balaban J connectivity index is 1.50. The van der Waals surface area contributed by atoms with Crippen molar-refractivity contribution >= 4 is 11.7 Å². The van der Waals surface area contributed by atoms with Crippen molar-refractivity contribution in [3.05, 3.63) is 24.4 Å². The number of carbonyl (C=O) groups is 1. The van der Waals surface area contributed by atoms with Crippen molar-refractivity contribution in [2.24, 2.45) is 5.92 Å². The van der Waals surface area contributed by atoms with E-state index in [0.29, 0.717) is 11.8 Å². The normalized spacial score (nSPS) is 21.3. The zero-order valence-electron chi connectivity index (χ0n) is 12.0. The lowest BCUT2D eigenvalue weighted by Gasteiger charge is -2.36. The molecule has 0 spiro atoms. The number of carbonyl (C=O) groups excluding carboxylic acids is 1. The Hall–Kier alpha value is -1.58. The summed E-state index contributed by atoms with van der Waals surface area (Å²) in [6, 6.07) is 6.08. The summed E-state index contributed by atoms with van der Waals surface area (Å²) in [5.74, 6) is 2.11. The summed E-state index contributed by atoms with van der Waals surface area (Å²) in [7, 11) is 0. The van der Waals surface area contributed by atoms with Gasteiger partial charge in [-0.15, -0.1) is 0 Å². The van der Waals surface area contributed by atoms with Crippen LogP contribution < -0.4 is 4.90 Å². The molecule has 4 heteroatoms. The lowest BCUT2D eigenvalue weighted by Crippen LogP contribution is -2.42. The predicted octanol–water partition coefficient (Wildman–Crippen LogP) is 2.31. The van der Waals surface area contributed by atoms with Crippen LogP contribution in [0.25, 0.3) is 0 Å². The summed E-state index contributed by atoms with van der Waals surface area (Å²) >= 11 is 0. The molecule has 4 nitrogen and oxygen atoms in total. The Morgan fingerprint density at radius 2 is 2.00 bits per heavy atom. The summed E-state index contributed by atoms with van der Waals surface area (Å²) < 4.78 is 0. The van der Waals surface area contributed by atoms with Crippen LogP contribution in [0, 0.1) is 5.92 Å². The lowest BCUT2D eigenvalue weighted by atomic mass is 9.95. The molecular formula is C16H23N3O. The van der Waals surface area contributed by atoms with Crippen LogP contribution in [0.4, 0.5) is 5.82 Å². The summed E-state index contributed by atoms with van der Waals surface area (Å²) in [4.78, 5) is 20.7. The molecule has 108 valence electrons. The first-order chi connectivity index (χ1) is 9.83. The largest absolute Gasteiger partial charge is 0.357 e. The van der Waals surface area contributed by atoms with Gasteiger partial charge in [-0.2, -0.15) is 0 Å². The number of rotatable bonds is 3. The van der Waals surface area contributed by atoms with Crippen molar-refractivity contribution in [3.63, 3.8) is 0 Å². The van der Waals surface area contributed by atoms with Crippen molar-refractivity contribution in [1.29, 1.82) is 0 Å². The van der Waals surface area contributed by atoms with Gasteiger partial charge in [-0.3, -0.25) is 4.79 Å². The summed E-state index contributed by atoms with van der Waals surface area (Å²) in [6.07, 6.45) is 7.20. The minimum absolute atomic E-state index is 0.364. The molecule has 2 fully saturated rings. The van der Waals surface area contributed by atoms with Crippen molar-refractivity contribution in [2.75, 3.05) is 31.1 Å². The van der Waals surface area contributed by atoms with Crippen LogP contribution in [0.15, 0.2) is 24.4 Å². The first-order valence-corrected chi connectivity index (χ1v) is 7.77. The molecule has 0 aliphatic carbocycles. The second-order valence-corrected chi connectivity index (χ2v) is 5.92. The van der Waals surface area contributed by atoms with Crippen LogP contribution in [-0.2, 0) is 4.79 Å². The maximum atomic E-state index is 11.9. The van der Waals surface area contributed by atoms with Crippen LogP contribution in [0.2, 0.25) is 0 Å². The van der Waals surface area contributed by atoms with E-state index in [9.17, 15) is 4.79 Å². The van der Waals surface area contributed by atoms with Crippen LogP contribution >= 0.6 is 0 Å². The molecule has 3 rings (SSSR count). The molecular weight excluding hydrogens is 250 g/mol. The number of amides is 1. The van der Waals surface area contributed by atoms with Crippen LogP contribution in [-0.4, -0.2) is 42.0 Å². The standard InChI is InChI=1S/C16H23N3O/c20-16-6-2-4-10-19(16)13-14-7-11-18(12-8-14)15-5-1-3-9-17-15/h1,3,5,9,14H,2,4,6-8,10-13H2. The fourth-order valence-electron chi connectivity index (χ4n) is 3.25. The molecule has 20 heavy (non-hydrogen) atoms. The van der Waals surface area contributed by atoms with Gasteiger partial charge >= 0.3 is 0 Å². The van der Waals surface area contributed by atoms with Crippen LogP contribution in [0.1, 0.15) is 32.1 Å². The van der Waals surface area contributed by atoms with E-state index in [-0.39, 0.29) is 0 Å². The smallest absolute Gasteiger partial charge is 0.222 e. The number of piperidine rings is 2. The number of likely N-dealkylation sites (tertiary alicyclic amines) is 1. The average molecular weight is 273 g/mol. The zero-order chi connectivity index (χ0) is 13.8. The molecule has 2 aliphatic rings. The van der Waals surface area contributed by atoms with Gasteiger partial charge in [-0.05, 0) is 43.7 Å². The Morgan fingerprint density at radius 1 is 1.15 bits per heavy atom. The molecule has 0 radical (unpaired) electrons. The van der Waals surface area contributed by atoms with Gasteiger partial charge in [-0.1, -0.05) is 6.07 Å². The summed E-state index contributed by atoms with van der Waals surface area (Å²) in [6.45, 7) is 4.06. The molecule has 2 saturated heterocycles. The van der Waals surface area contributed by atoms with Gasteiger partial charge in [0.05, 0.1) is 0 Å². The van der Waals surface area contributed by atoms with E-state index in [1.54, 1.807) is 0 Å². The summed E-state index contributed by atoms with van der Waals surface area (Å²) in [5, 5.41) is 0. The number of hydrogen-bond acceptors (Lipinski definition) is 3. The second-order valence-electron chi connectivity index (χ2n) is 5.92. The van der Waals surface area contributed by atoms with Crippen LogP contribution in [0.3, 0.4) is 0 Å². The van der Waals surface area contributed by atoms with Gasteiger partial charge in [0.15, 0.2) is 0 Å². The first-order valence-electron chi connectivity index (χ1n) is 7.77. The molecule has 1 amide bonds. The fraction of sp³-hybridized carbons (Fsp3) is 0.625. The van der Waals surface area contributed by atoms with E-state index in [0.717, 1.165) is 44.8 Å². The molecule has 2 aliphatic heterocycles. The maximum absolute atomic E-state index is 11.9. The highest BCUT2D eigenvalue weighted by molar-refractivity contribution is 5.76. The molecule has 1 aromatic rings. The molecule has 0 atom stereocenters. The van der Waals surface area contributed by atoms with Crippen molar-refractivity contribution in [2.45, 2.75) is 32.1 Å². The maximum Gasteiger partial charge on any atom is 0.222 e. The van der Waals surface area contributed by atoms with E-state index in [4.69, 9.17) is 0 Å². The lowest BCUT2D eigenvalue weighted by molar-refractivity contribution is -0.134. The number of nitrogens with zero attached hydrogens (tertiary/aromatic N) is 3. The molecule has 0 aromatic carbocycles. The molecule has 0 N–H and O–H groups in total. The van der Waals surface area contributed by atoms with E-state index in [2.05, 4.69) is 20.9 Å². The Labute approximate surface area is 120 Å². The van der Waals surface area contributed by atoms with Gasteiger partial charge < -0.3 is 9.80 Å². The van der Waals surface area contributed by atoms with Gasteiger partial charge in [0.25, 0.3) is 0 Å². The van der Waals surface area contributed by atoms with Gasteiger partial charge in [0.1, 0.15) is 5.82 Å². The SMILES string of the molecule is O=C1CCCCN1CC1CCN(c2ccccn2)CC1. The Kier molecular flexibility index (Phi) is 4.19. The topological polar surface area (TPSA) is 36.4 Å². The fourth-order valence-corrected chi connectivity index (χ4v) is 3.25. The number of pyridine rings is 1. The molecule has 0 saturated carbocycles. The molecule has 1 aromatic heterocycles. The minimum atomic E-state index is 0.364. The van der Waals surface area contributed by atoms with Gasteiger partial charge in [-0.25, -0.2) is 4.98 Å². The van der Waals surface area contributed by atoms with Gasteiger partial charge in [0.2, 0.25) is 5.91 Å². The first kappa shape index (κ1) is 13.4. The van der Waals surface area contributed by atoms with E-state index >= 15 is 0 Å². The highest BCUT2D eigenvalue weighted by Gasteiger charge is 2.25. The van der Waals surface area contributed by atoms with Crippen LogP contribution in [0.5, 0.6) is 0 Å². The third-order valence-corrected chi connectivity index (χ3v) is 4.49. The predicted molar refractivity (Wildman–Crippen MR) is 79.6 cm³/mol. The van der Waals surface area contributed by atoms with Gasteiger partial charge in [0, 0.05) is 38.8 Å². The quantitative estimate of drug-likeness (QED) is 0.848. The highest BCUT2D eigenvalue weighted by Crippen LogP contribution is 2.23. The van der Waals surface area contributed by atoms with Crippen molar-refractivity contribution in [3.8, 4) is 0 Å². The monoisotopic (exact) mass is 273 g/mol. The Bertz CT molecular complexity index is 440. The third-order valence-electron chi connectivity index (χ3n) is 4.49. The third kappa shape index (κ3) is 3.11. The number of aromatic nitrogens is 1. The average Bonchev–Trinajstić information content (AvgIpc) is 2.51. The van der Waals surface area contributed by atoms with E-state index in [1.807, 2.05) is 18.3 Å². The Morgan fingerprint density at radius 3 is 2.70 bits per heavy atom. The van der Waals surface area contributed by atoms with Crippen molar-refractivity contribution in [1.82, 2.24) is 9.88 Å². The summed E-state index contributed by atoms with van der Waals surface area (Å²) in [5.41, 5.74) is 0. The number of hydrogen-bond donors (Lipinski definition) is 0. The molecule has 0 bridgehead atoms. The second kappa shape index (κ2) is 6.25. The molecule has 0 unspecified atom stereocenters. The minimum Gasteiger partial charge on any atom is -0.357 e. The number of anilines is 1. The zero-order valence-corrected chi connectivity index (χ0v) is 12.0.